The van der Waals surface area contributed by atoms with Gasteiger partial charge in [-0.15, -0.1) is 0 Å². The molecule has 1 aromatic carbocycles. The molecular formula is C22H23N5O4. The van der Waals surface area contributed by atoms with E-state index in [0.717, 1.165) is 16.8 Å². The van der Waals surface area contributed by atoms with E-state index < -0.39 is 0 Å². The highest BCUT2D eigenvalue weighted by Crippen LogP contribution is 2.38. The van der Waals surface area contributed by atoms with Crippen molar-refractivity contribution in [2.75, 3.05) is 33.8 Å². The van der Waals surface area contributed by atoms with Crippen molar-refractivity contribution in [1.29, 1.82) is 0 Å². The molecule has 9 nitrogen and oxygen atoms in total. The molecule has 3 aromatic heterocycles. The molecule has 0 saturated carbocycles. The van der Waals surface area contributed by atoms with Crippen LogP contribution in [0.15, 0.2) is 49.2 Å². The minimum absolute atomic E-state index is 0.492. The highest BCUT2D eigenvalue weighted by Gasteiger charge is 2.15. The fourth-order valence-electron chi connectivity index (χ4n) is 3.35. The lowest BCUT2D eigenvalue weighted by Crippen LogP contribution is -2.06. The van der Waals surface area contributed by atoms with Crippen LogP contribution < -0.4 is 24.3 Å². The van der Waals surface area contributed by atoms with E-state index in [1.165, 1.54) is 0 Å². The Labute approximate surface area is 179 Å². The van der Waals surface area contributed by atoms with Gasteiger partial charge in [0.2, 0.25) is 5.75 Å². The van der Waals surface area contributed by atoms with Crippen LogP contribution in [0.25, 0.3) is 16.9 Å². The van der Waals surface area contributed by atoms with E-state index >= 15 is 0 Å². The third kappa shape index (κ3) is 3.89. The van der Waals surface area contributed by atoms with Gasteiger partial charge in [-0.25, -0.2) is 9.97 Å². The van der Waals surface area contributed by atoms with E-state index in [1.807, 2.05) is 28.8 Å². The minimum atomic E-state index is 0.492. The summed E-state index contributed by atoms with van der Waals surface area (Å²) < 4.78 is 23.5. The third-order valence-corrected chi connectivity index (χ3v) is 4.86. The first-order valence-electron chi connectivity index (χ1n) is 9.52. The van der Waals surface area contributed by atoms with Crippen LogP contribution in [0.4, 0.5) is 5.82 Å². The molecule has 4 aromatic rings. The summed E-state index contributed by atoms with van der Waals surface area (Å²) in [5, 5.41) is 3.34. The number of nitrogens with one attached hydrogen (secondary N) is 1. The SMILES string of the molecule is COc1cncc(-c2cnc(NCc3cc(OC)c(OC)c(OC)c3)c3nccn23)c1. The second-order valence-electron chi connectivity index (χ2n) is 6.61. The molecule has 0 radical (unpaired) electrons. The highest BCUT2D eigenvalue weighted by atomic mass is 16.5. The number of pyridine rings is 1. The molecular weight excluding hydrogens is 398 g/mol. The lowest BCUT2D eigenvalue weighted by atomic mass is 10.1. The summed E-state index contributed by atoms with van der Waals surface area (Å²) in [6.45, 7) is 0.492. The molecule has 0 amide bonds. The maximum Gasteiger partial charge on any atom is 0.203 e. The minimum Gasteiger partial charge on any atom is -0.495 e. The van der Waals surface area contributed by atoms with Crippen molar-refractivity contribution in [2.24, 2.45) is 0 Å². The van der Waals surface area contributed by atoms with Crippen LogP contribution in [-0.4, -0.2) is 47.8 Å². The summed E-state index contributed by atoms with van der Waals surface area (Å²) in [6.07, 6.45) is 8.83. The zero-order valence-electron chi connectivity index (χ0n) is 17.7. The Balaban J connectivity index is 1.64. The van der Waals surface area contributed by atoms with Crippen LogP contribution in [0.5, 0.6) is 23.0 Å². The molecule has 0 aliphatic carbocycles. The van der Waals surface area contributed by atoms with Crippen molar-refractivity contribution >= 4 is 11.5 Å². The monoisotopic (exact) mass is 421 g/mol. The van der Waals surface area contributed by atoms with Gasteiger partial charge in [-0.2, -0.15) is 0 Å². The van der Waals surface area contributed by atoms with E-state index in [2.05, 4.69) is 20.3 Å². The molecule has 160 valence electrons. The van der Waals surface area contributed by atoms with Gasteiger partial charge in [-0.3, -0.25) is 9.38 Å². The van der Waals surface area contributed by atoms with Crippen LogP contribution in [0.3, 0.4) is 0 Å². The molecule has 0 bridgehead atoms. The predicted octanol–water partition coefficient (Wildman–Crippen LogP) is 3.44. The van der Waals surface area contributed by atoms with E-state index in [-0.39, 0.29) is 0 Å². The molecule has 0 atom stereocenters. The molecule has 3 heterocycles. The second-order valence-corrected chi connectivity index (χ2v) is 6.61. The van der Waals surface area contributed by atoms with Crippen LogP contribution in [0, 0.1) is 0 Å². The Hall–Kier alpha value is -4.01. The lowest BCUT2D eigenvalue weighted by molar-refractivity contribution is 0.324. The summed E-state index contributed by atoms with van der Waals surface area (Å²) in [6, 6.07) is 5.70. The fourth-order valence-corrected chi connectivity index (χ4v) is 3.35. The first kappa shape index (κ1) is 20.3. The number of ether oxygens (including phenoxy) is 4. The van der Waals surface area contributed by atoms with Gasteiger partial charge in [-0.1, -0.05) is 0 Å². The molecule has 0 aliphatic rings. The zero-order valence-corrected chi connectivity index (χ0v) is 17.7. The third-order valence-electron chi connectivity index (χ3n) is 4.86. The van der Waals surface area contributed by atoms with Crippen molar-refractivity contribution < 1.29 is 18.9 Å². The normalized spacial score (nSPS) is 10.7. The van der Waals surface area contributed by atoms with Crippen molar-refractivity contribution in [1.82, 2.24) is 19.4 Å². The van der Waals surface area contributed by atoms with Crippen molar-refractivity contribution in [3.8, 4) is 34.3 Å². The Bertz CT molecular complexity index is 1180. The Morgan fingerprint density at radius 1 is 0.871 bits per heavy atom. The van der Waals surface area contributed by atoms with Gasteiger partial charge in [0.1, 0.15) is 5.75 Å². The summed E-state index contributed by atoms with van der Waals surface area (Å²) >= 11 is 0. The van der Waals surface area contributed by atoms with Gasteiger partial charge < -0.3 is 24.3 Å². The van der Waals surface area contributed by atoms with Gasteiger partial charge >= 0.3 is 0 Å². The van der Waals surface area contributed by atoms with Gasteiger partial charge in [0.15, 0.2) is 23.0 Å². The largest absolute Gasteiger partial charge is 0.495 e. The van der Waals surface area contributed by atoms with E-state index in [4.69, 9.17) is 18.9 Å². The number of fused-ring (bicyclic) bond motifs is 1. The second kappa shape index (κ2) is 8.78. The van der Waals surface area contributed by atoms with Gasteiger partial charge in [0.25, 0.3) is 0 Å². The quantitative estimate of drug-likeness (QED) is 0.463. The van der Waals surface area contributed by atoms with Crippen LogP contribution in [-0.2, 0) is 6.54 Å². The summed E-state index contributed by atoms with van der Waals surface area (Å²) in [5.74, 6) is 3.07. The van der Waals surface area contributed by atoms with Gasteiger partial charge in [-0.05, 0) is 23.8 Å². The number of hydrogen-bond donors (Lipinski definition) is 1. The first-order chi connectivity index (χ1) is 15.2. The molecule has 4 rings (SSSR count). The number of methoxy groups -OCH3 is 4. The van der Waals surface area contributed by atoms with E-state index in [0.29, 0.717) is 41.0 Å². The van der Waals surface area contributed by atoms with E-state index in [9.17, 15) is 0 Å². The van der Waals surface area contributed by atoms with Crippen molar-refractivity contribution in [2.45, 2.75) is 6.54 Å². The molecule has 0 unspecified atom stereocenters. The molecule has 1 N–H and O–H groups in total. The molecule has 9 heteroatoms. The number of aromatic nitrogens is 4. The molecule has 31 heavy (non-hydrogen) atoms. The number of anilines is 1. The fraction of sp³-hybridized carbons (Fsp3) is 0.227. The van der Waals surface area contributed by atoms with Gasteiger partial charge in [0.05, 0.1) is 46.5 Å². The van der Waals surface area contributed by atoms with Crippen molar-refractivity contribution in [3.63, 3.8) is 0 Å². The number of nitrogens with zero attached hydrogens (tertiary/aromatic N) is 4. The van der Waals surface area contributed by atoms with Crippen molar-refractivity contribution in [3.05, 3.63) is 54.7 Å². The number of hydrogen-bond acceptors (Lipinski definition) is 8. The average Bonchev–Trinajstić information content (AvgIpc) is 3.32. The number of rotatable bonds is 8. The Morgan fingerprint density at radius 2 is 1.65 bits per heavy atom. The maximum absolute atomic E-state index is 5.43. The zero-order chi connectivity index (χ0) is 21.8. The standard InChI is InChI=1S/C22H23N5O4/c1-28-16-9-15(11-23-12-16)17-13-26-21(22-24-5-6-27(17)22)25-10-14-7-18(29-2)20(31-4)19(8-14)30-3/h5-9,11-13H,10H2,1-4H3,(H,25,26). The smallest absolute Gasteiger partial charge is 0.203 e. The average molecular weight is 421 g/mol. The van der Waals surface area contributed by atoms with Crippen LogP contribution in [0.1, 0.15) is 5.56 Å². The highest BCUT2D eigenvalue weighted by molar-refractivity contribution is 5.70. The molecule has 0 saturated heterocycles. The predicted molar refractivity (Wildman–Crippen MR) is 116 cm³/mol. The topological polar surface area (TPSA) is 92.0 Å². The number of benzene rings is 1. The first-order valence-corrected chi connectivity index (χ1v) is 9.52. The maximum atomic E-state index is 5.43. The Morgan fingerprint density at radius 3 is 2.32 bits per heavy atom. The summed E-state index contributed by atoms with van der Waals surface area (Å²) in [4.78, 5) is 13.3. The summed E-state index contributed by atoms with van der Waals surface area (Å²) in [7, 11) is 6.38. The molecule has 0 aliphatic heterocycles. The van der Waals surface area contributed by atoms with Crippen LogP contribution in [0.2, 0.25) is 0 Å². The van der Waals surface area contributed by atoms with Gasteiger partial charge in [0, 0.05) is 30.7 Å². The number of imidazole rings is 1. The van der Waals surface area contributed by atoms with Crippen LogP contribution >= 0.6 is 0 Å². The van der Waals surface area contributed by atoms with E-state index in [1.54, 1.807) is 53.2 Å². The molecule has 0 spiro atoms. The Kier molecular flexibility index (Phi) is 5.74. The summed E-state index contributed by atoms with van der Waals surface area (Å²) in [5.41, 5.74) is 3.39. The lowest BCUT2D eigenvalue weighted by Gasteiger charge is -2.15. The molecule has 0 fully saturated rings.